The molecule has 1 amide bonds. The number of ketones is 1. The number of rotatable bonds is 3. The van der Waals surface area contributed by atoms with Crippen molar-refractivity contribution < 1.29 is 19.1 Å². The molecule has 2 heterocycles. The highest BCUT2D eigenvalue weighted by molar-refractivity contribution is 6.09. The van der Waals surface area contributed by atoms with E-state index in [1.807, 2.05) is 29.2 Å². The maximum Gasteiger partial charge on any atom is 0.337 e. The van der Waals surface area contributed by atoms with Crippen LogP contribution in [0.3, 0.4) is 0 Å². The van der Waals surface area contributed by atoms with Crippen LogP contribution in [-0.2, 0) is 25.5 Å². The first-order valence-electron chi connectivity index (χ1n) is 10.5. The first-order valence-corrected chi connectivity index (χ1v) is 10.5. The molecule has 1 aliphatic carbocycles. The van der Waals surface area contributed by atoms with Crippen molar-refractivity contribution in [2.75, 3.05) is 20.2 Å². The summed E-state index contributed by atoms with van der Waals surface area (Å²) in [5, 5.41) is 2.85. The molecule has 1 aromatic carbocycles. The molecule has 2 aliphatic heterocycles. The lowest BCUT2D eigenvalue weighted by Crippen LogP contribution is -2.51. The Bertz CT molecular complexity index is 985. The lowest BCUT2D eigenvalue weighted by Gasteiger charge is -2.46. The number of nitrogens with zero attached hydrogens (tertiary/aromatic N) is 1. The number of hydrogen-bond acceptors (Lipinski definition) is 5. The minimum Gasteiger partial charge on any atom is -0.466 e. The number of methoxy groups -OCH3 is 1. The number of amides is 1. The second kappa shape index (κ2) is 7.42. The van der Waals surface area contributed by atoms with Crippen LogP contribution < -0.4 is 5.32 Å². The number of nitrogens with one attached hydrogen (secondary N) is 1. The minimum absolute atomic E-state index is 0.0391. The maximum atomic E-state index is 13.4. The molecule has 6 heteroatoms. The van der Waals surface area contributed by atoms with Crippen LogP contribution in [0.2, 0.25) is 0 Å². The normalized spacial score (nSPS) is 23.1. The number of fused-ring (bicyclic) bond motifs is 2. The number of hydrogen-bond donors (Lipinski definition) is 1. The van der Waals surface area contributed by atoms with Gasteiger partial charge >= 0.3 is 5.97 Å². The monoisotopic (exact) mass is 408 g/mol. The van der Waals surface area contributed by atoms with Gasteiger partial charge in [-0.25, -0.2) is 4.79 Å². The number of carbonyl (C=O) groups is 3. The van der Waals surface area contributed by atoms with Gasteiger partial charge in [-0.3, -0.25) is 9.59 Å². The van der Waals surface area contributed by atoms with Crippen molar-refractivity contribution in [2.45, 2.75) is 46.0 Å². The third-order valence-electron chi connectivity index (χ3n) is 6.29. The Kier molecular flexibility index (Phi) is 5.04. The molecule has 0 saturated carbocycles. The van der Waals surface area contributed by atoms with Crippen LogP contribution in [0.4, 0.5) is 0 Å². The van der Waals surface area contributed by atoms with Crippen LogP contribution in [0.25, 0.3) is 0 Å². The quantitative estimate of drug-likeness (QED) is 0.779. The minimum atomic E-state index is -0.600. The topological polar surface area (TPSA) is 75.7 Å². The van der Waals surface area contributed by atoms with Gasteiger partial charge in [-0.05, 0) is 29.4 Å². The number of Topliss-reactive ketones (excluding diaryl/α,β-unsaturated/α-hetero) is 1. The summed E-state index contributed by atoms with van der Waals surface area (Å²) in [6, 6.07) is 7.95. The van der Waals surface area contributed by atoms with Gasteiger partial charge in [-0.1, -0.05) is 45.0 Å². The van der Waals surface area contributed by atoms with Gasteiger partial charge < -0.3 is 15.0 Å². The van der Waals surface area contributed by atoms with Crippen molar-refractivity contribution in [3.8, 4) is 0 Å². The van der Waals surface area contributed by atoms with Crippen molar-refractivity contribution in [2.24, 2.45) is 5.41 Å². The Balaban J connectivity index is 1.99. The molecule has 1 atom stereocenters. The summed E-state index contributed by atoms with van der Waals surface area (Å²) in [5.74, 6) is -1.42. The molecule has 0 spiro atoms. The molecule has 4 rings (SSSR count). The van der Waals surface area contributed by atoms with Gasteiger partial charge in [0.25, 0.3) is 5.91 Å². The molecular weight excluding hydrogens is 380 g/mol. The number of ether oxygens (including phenoxy) is 1. The molecule has 0 unspecified atom stereocenters. The zero-order valence-corrected chi connectivity index (χ0v) is 18.0. The molecular formula is C24H28N2O4. The highest BCUT2D eigenvalue weighted by Crippen LogP contribution is 2.50. The number of allylic oxidation sites excluding steroid dienone is 2. The van der Waals surface area contributed by atoms with Crippen LogP contribution in [0.15, 0.2) is 46.8 Å². The fraction of sp³-hybridized carbons (Fsp3) is 0.458. The molecule has 3 aliphatic rings. The van der Waals surface area contributed by atoms with Crippen molar-refractivity contribution in [3.63, 3.8) is 0 Å². The smallest absolute Gasteiger partial charge is 0.337 e. The Labute approximate surface area is 177 Å². The Morgan fingerprint density at radius 1 is 1.20 bits per heavy atom. The fourth-order valence-electron chi connectivity index (χ4n) is 4.89. The predicted octanol–water partition coefficient (Wildman–Crippen LogP) is 2.85. The lowest BCUT2D eigenvalue weighted by molar-refractivity contribution is -0.137. The highest BCUT2D eigenvalue weighted by Gasteiger charge is 2.48. The number of carbonyl (C=O) groups excluding carboxylic acids is 3. The number of piperazine rings is 1. The maximum absolute atomic E-state index is 13.4. The Morgan fingerprint density at radius 3 is 2.53 bits per heavy atom. The average molecular weight is 408 g/mol. The van der Waals surface area contributed by atoms with Crippen LogP contribution in [-0.4, -0.2) is 42.8 Å². The van der Waals surface area contributed by atoms with Crippen LogP contribution in [0.1, 0.15) is 50.7 Å². The largest absolute Gasteiger partial charge is 0.466 e. The van der Waals surface area contributed by atoms with E-state index in [1.54, 1.807) is 0 Å². The standard InChI is InChI=1S/C24H28N2O4/c1-5-14-6-8-15(9-7-14)18-19-16(12-24(2,3)13-17(19)27)26-11-10-25-22(28)21(26)20(18)23(29)30-4/h6-9,18H,5,10-13H2,1-4H3,(H,25,28)/t18-/m0/s1. The van der Waals surface area contributed by atoms with E-state index in [0.717, 1.165) is 17.7 Å². The lowest BCUT2D eigenvalue weighted by atomic mass is 9.67. The number of benzene rings is 1. The van der Waals surface area contributed by atoms with E-state index in [2.05, 4.69) is 26.1 Å². The van der Waals surface area contributed by atoms with Gasteiger partial charge in [-0.2, -0.15) is 0 Å². The molecule has 1 fully saturated rings. The summed E-state index contributed by atoms with van der Waals surface area (Å²) >= 11 is 0. The van der Waals surface area contributed by atoms with Crippen molar-refractivity contribution in [1.29, 1.82) is 0 Å². The van der Waals surface area contributed by atoms with Crippen LogP contribution >= 0.6 is 0 Å². The fourth-order valence-corrected chi connectivity index (χ4v) is 4.89. The molecule has 0 radical (unpaired) electrons. The zero-order chi connectivity index (χ0) is 21.6. The van der Waals surface area contributed by atoms with Crippen molar-refractivity contribution in [3.05, 3.63) is 57.9 Å². The molecule has 1 aromatic rings. The summed E-state index contributed by atoms with van der Waals surface area (Å²) < 4.78 is 5.10. The van der Waals surface area contributed by atoms with Gasteiger partial charge in [-0.15, -0.1) is 0 Å². The zero-order valence-electron chi connectivity index (χ0n) is 18.0. The Morgan fingerprint density at radius 2 is 1.90 bits per heavy atom. The van der Waals surface area contributed by atoms with E-state index >= 15 is 0 Å². The first-order chi connectivity index (χ1) is 14.3. The summed E-state index contributed by atoms with van der Waals surface area (Å²) in [5.41, 5.74) is 3.89. The third kappa shape index (κ3) is 3.24. The average Bonchev–Trinajstić information content (AvgIpc) is 2.72. The van der Waals surface area contributed by atoms with E-state index in [1.165, 1.54) is 12.7 Å². The van der Waals surface area contributed by atoms with Crippen LogP contribution in [0, 0.1) is 5.41 Å². The molecule has 6 nitrogen and oxygen atoms in total. The van der Waals surface area contributed by atoms with Gasteiger partial charge in [0.1, 0.15) is 5.70 Å². The molecule has 158 valence electrons. The van der Waals surface area contributed by atoms with Gasteiger partial charge in [0, 0.05) is 36.7 Å². The van der Waals surface area contributed by atoms with Gasteiger partial charge in [0.05, 0.1) is 12.7 Å². The number of aryl methyl sites for hydroxylation is 1. The summed E-state index contributed by atoms with van der Waals surface area (Å²) in [6.45, 7) is 7.23. The van der Waals surface area contributed by atoms with Crippen LogP contribution in [0.5, 0.6) is 0 Å². The van der Waals surface area contributed by atoms with E-state index in [4.69, 9.17) is 4.74 Å². The first kappa shape index (κ1) is 20.4. The van der Waals surface area contributed by atoms with E-state index in [0.29, 0.717) is 37.2 Å². The molecule has 0 aromatic heterocycles. The van der Waals surface area contributed by atoms with E-state index < -0.39 is 11.9 Å². The highest BCUT2D eigenvalue weighted by atomic mass is 16.5. The van der Waals surface area contributed by atoms with Gasteiger partial charge in [0.2, 0.25) is 0 Å². The SMILES string of the molecule is CCc1ccc([C@H]2C3=C(CC(C)(C)CC3=O)N3CCNC(=O)C3=C2C(=O)OC)cc1. The second-order valence-corrected chi connectivity index (χ2v) is 8.99. The van der Waals surface area contributed by atoms with Gasteiger partial charge in [0.15, 0.2) is 5.78 Å². The van der Waals surface area contributed by atoms with E-state index in [-0.39, 0.29) is 22.7 Å². The predicted molar refractivity (Wildman–Crippen MR) is 112 cm³/mol. The molecule has 30 heavy (non-hydrogen) atoms. The summed E-state index contributed by atoms with van der Waals surface area (Å²) in [6.07, 6.45) is 2.00. The third-order valence-corrected chi connectivity index (χ3v) is 6.29. The second-order valence-electron chi connectivity index (χ2n) is 8.99. The summed E-state index contributed by atoms with van der Waals surface area (Å²) in [7, 11) is 1.31. The van der Waals surface area contributed by atoms with E-state index in [9.17, 15) is 14.4 Å². The Hall–Kier alpha value is -2.89. The van der Waals surface area contributed by atoms with Crippen molar-refractivity contribution >= 4 is 17.7 Å². The molecule has 1 saturated heterocycles. The number of esters is 1. The molecule has 1 N–H and O–H groups in total. The van der Waals surface area contributed by atoms with Crippen molar-refractivity contribution in [1.82, 2.24) is 10.2 Å². The summed E-state index contributed by atoms with van der Waals surface area (Å²) in [4.78, 5) is 41.2. The molecule has 0 bridgehead atoms.